The number of nitrogens with one attached hydrogen (secondary N) is 3. The Morgan fingerprint density at radius 2 is 1.90 bits per heavy atom. The highest BCUT2D eigenvalue weighted by Gasteiger charge is 2.33. The number of alkyl carbamates (subject to hydrolysis) is 1. The maximum Gasteiger partial charge on any atom is 0.407 e. The minimum absolute atomic E-state index is 0.0290. The van der Waals surface area contributed by atoms with Gasteiger partial charge in [-0.15, -0.1) is 11.3 Å². The molecule has 13 heteroatoms. The molecule has 1 aromatic carbocycles. The first-order chi connectivity index (χ1) is 19.2. The summed E-state index contributed by atoms with van der Waals surface area (Å²) in [6, 6.07) is 7.78. The largest absolute Gasteiger partial charge is 0.447 e. The van der Waals surface area contributed by atoms with Crippen molar-refractivity contribution < 1.29 is 19.7 Å². The van der Waals surface area contributed by atoms with Crippen LogP contribution in [0.15, 0.2) is 35.4 Å². The second-order valence-corrected chi connectivity index (χ2v) is 13.6. The van der Waals surface area contributed by atoms with E-state index >= 15 is 0 Å². The Morgan fingerprint density at radius 3 is 2.49 bits per heavy atom. The molecule has 4 rings (SSSR count). The quantitative estimate of drug-likeness (QED) is 0.130. The third-order valence-corrected chi connectivity index (χ3v) is 8.94. The molecule has 0 bridgehead atoms. The number of aliphatic hydroxyl groups is 2. The molecule has 2 radical (unpaired) electrons. The molecule has 5 N–H and O–H groups in total. The van der Waals surface area contributed by atoms with Crippen LogP contribution >= 0.6 is 23.3 Å². The van der Waals surface area contributed by atoms with E-state index in [1.807, 2.05) is 51.4 Å². The Balaban J connectivity index is 1.61. The molecule has 10 nitrogen and oxygen atoms in total. The molecular weight excluding hydrogens is 559 g/mol. The smallest absolute Gasteiger partial charge is 0.407 e. The first-order valence-corrected chi connectivity index (χ1v) is 15.4. The van der Waals surface area contributed by atoms with Gasteiger partial charge in [0.05, 0.1) is 16.0 Å². The molecule has 1 aliphatic rings. The average molecular weight is 599 g/mol. The number of amides is 1. The molecule has 0 atom stereocenters. The standard InChI is InChI=1S/C28H39BN6O4S2/c1-16(2)39-26(36)31-18-9-7-17(8-10-18)25-32-24(28(29,37)38)23(40-25)20-12-11-19(30-22-13-14-35(6)33-22)15-21(20)41-34-27(3,4)5/h11-18,34,37-38H,7-10H2,1-6H3,(H,30,33)(H,31,36). The lowest BCUT2D eigenvalue weighted by Gasteiger charge is -2.28. The molecule has 0 unspecified atom stereocenters. The number of hydrogen-bond donors (Lipinski definition) is 5. The van der Waals surface area contributed by atoms with Crippen LogP contribution in [-0.4, -0.2) is 56.6 Å². The summed E-state index contributed by atoms with van der Waals surface area (Å²) in [5.74, 6) is 0.831. The van der Waals surface area contributed by atoms with Crippen LogP contribution in [0, 0.1) is 0 Å². The highest BCUT2D eigenvalue weighted by atomic mass is 32.2. The van der Waals surface area contributed by atoms with E-state index in [2.05, 4.69) is 46.2 Å². The van der Waals surface area contributed by atoms with Crippen molar-refractivity contribution in [2.45, 2.75) is 94.5 Å². The second-order valence-electron chi connectivity index (χ2n) is 11.8. The predicted octanol–water partition coefficient (Wildman–Crippen LogP) is 5.11. The molecule has 1 aliphatic carbocycles. The lowest BCUT2D eigenvalue weighted by atomic mass is 9.86. The summed E-state index contributed by atoms with van der Waals surface area (Å²) in [5.41, 5.74) is -1.12. The van der Waals surface area contributed by atoms with Crippen LogP contribution in [0.4, 0.5) is 16.3 Å². The first kappa shape index (κ1) is 31.4. The summed E-state index contributed by atoms with van der Waals surface area (Å²) < 4.78 is 10.4. The van der Waals surface area contributed by atoms with Gasteiger partial charge in [0.15, 0.2) is 19.4 Å². The number of carbonyl (C=O) groups is 1. The molecule has 1 saturated carbocycles. The van der Waals surface area contributed by atoms with Gasteiger partial charge >= 0.3 is 6.09 Å². The van der Waals surface area contributed by atoms with Crippen LogP contribution in [0.25, 0.3) is 10.4 Å². The van der Waals surface area contributed by atoms with E-state index in [1.54, 1.807) is 4.68 Å². The molecule has 41 heavy (non-hydrogen) atoms. The molecule has 1 amide bonds. The van der Waals surface area contributed by atoms with E-state index in [-0.39, 0.29) is 29.3 Å². The minimum atomic E-state index is -2.60. The summed E-state index contributed by atoms with van der Waals surface area (Å²) in [6.07, 6.45) is 4.44. The normalized spacial score (nSPS) is 18.0. The summed E-state index contributed by atoms with van der Waals surface area (Å²) >= 11 is 2.89. The Morgan fingerprint density at radius 1 is 1.20 bits per heavy atom. The van der Waals surface area contributed by atoms with Gasteiger partial charge in [0.2, 0.25) is 0 Å². The van der Waals surface area contributed by atoms with Crippen molar-refractivity contribution in [2.75, 3.05) is 5.32 Å². The maximum absolute atomic E-state index is 12.0. The Labute approximate surface area is 251 Å². The second kappa shape index (κ2) is 12.7. The number of aromatic nitrogens is 3. The van der Waals surface area contributed by atoms with Crippen LogP contribution in [0.5, 0.6) is 0 Å². The van der Waals surface area contributed by atoms with Gasteiger partial charge in [-0.25, -0.2) is 9.78 Å². The lowest BCUT2D eigenvalue weighted by molar-refractivity contribution is -0.0936. The van der Waals surface area contributed by atoms with Crippen molar-refractivity contribution >= 4 is 48.7 Å². The first-order valence-electron chi connectivity index (χ1n) is 13.7. The molecular formula is C28H39BN6O4S2. The zero-order chi connectivity index (χ0) is 29.9. The molecule has 3 aromatic rings. The number of rotatable bonds is 9. The van der Waals surface area contributed by atoms with E-state index in [0.717, 1.165) is 52.7 Å². The third kappa shape index (κ3) is 8.71. The van der Waals surface area contributed by atoms with Gasteiger partial charge in [-0.2, -0.15) is 5.10 Å². The molecule has 0 saturated heterocycles. The number of carbonyl (C=O) groups excluding carboxylic acids is 1. The number of nitrogens with zero attached hydrogens (tertiary/aromatic N) is 3. The number of anilines is 2. The molecule has 220 valence electrons. The fourth-order valence-corrected chi connectivity index (χ4v) is 6.83. The zero-order valence-corrected chi connectivity index (χ0v) is 26.0. The monoisotopic (exact) mass is 598 g/mol. The van der Waals surface area contributed by atoms with Crippen molar-refractivity contribution in [3.63, 3.8) is 0 Å². The predicted molar refractivity (Wildman–Crippen MR) is 164 cm³/mol. The van der Waals surface area contributed by atoms with Crippen molar-refractivity contribution in [3.8, 4) is 10.4 Å². The van der Waals surface area contributed by atoms with Gasteiger partial charge in [-0.05, 0) is 84.4 Å². The number of benzene rings is 1. The van der Waals surface area contributed by atoms with Crippen molar-refractivity contribution in [1.82, 2.24) is 24.8 Å². The van der Waals surface area contributed by atoms with Gasteiger partial charge in [-0.1, -0.05) is 6.07 Å². The summed E-state index contributed by atoms with van der Waals surface area (Å²) in [5, 5.41) is 32.5. The van der Waals surface area contributed by atoms with E-state index in [1.165, 1.54) is 23.3 Å². The van der Waals surface area contributed by atoms with Crippen molar-refractivity contribution in [2.24, 2.45) is 7.05 Å². The molecule has 2 aromatic heterocycles. The molecule has 2 heterocycles. The fraction of sp³-hybridized carbons (Fsp3) is 0.536. The van der Waals surface area contributed by atoms with Crippen LogP contribution < -0.4 is 15.4 Å². The van der Waals surface area contributed by atoms with Crippen LogP contribution in [0.2, 0.25) is 0 Å². The summed E-state index contributed by atoms with van der Waals surface area (Å²) in [6.45, 7) is 9.87. The van der Waals surface area contributed by atoms with Gasteiger partial charge in [0.1, 0.15) is 5.69 Å². The lowest BCUT2D eigenvalue weighted by Crippen LogP contribution is -2.38. The van der Waals surface area contributed by atoms with Gasteiger partial charge in [0.25, 0.3) is 0 Å². The van der Waals surface area contributed by atoms with Gasteiger partial charge < -0.3 is 25.6 Å². The van der Waals surface area contributed by atoms with Gasteiger partial charge in [-0.3, -0.25) is 9.40 Å². The highest BCUT2D eigenvalue weighted by Crippen LogP contribution is 2.44. The van der Waals surface area contributed by atoms with Crippen LogP contribution in [0.3, 0.4) is 0 Å². The number of ether oxygens (including phenoxy) is 1. The summed E-state index contributed by atoms with van der Waals surface area (Å²) in [7, 11) is 7.69. The number of aryl methyl sites for hydroxylation is 1. The summed E-state index contributed by atoms with van der Waals surface area (Å²) in [4.78, 5) is 18.2. The van der Waals surface area contributed by atoms with E-state index < -0.39 is 11.8 Å². The van der Waals surface area contributed by atoms with E-state index in [9.17, 15) is 15.0 Å². The number of thiazole rings is 1. The van der Waals surface area contributed by atoms with Gasteiger partial charge in [0, 0.05) is 53.0 Å². The third-order valence-electron chi connectivity index (χ3n) is 6.41. The van der Waals surface area contributed by atoms with E-state index in [0.29, 0.717) is 4.88 Å². The highest BCUT2D eigenvalue weighted by molar-refractivity contribution is 7.97. The van der Waals surface area contributed by atoms with Crippen LogP contribution in [0.1, 0.15) is 76.9 Å². The SMILES string of the molecule is [B]C(O)(O)c1nc(C2CCC(NC(=O)OC(C)C)CC2)sc1-c1ccc(Nc2ccn(C)n2)cc1SNC(C)(C)C. The number of hydrogen-bond acceptors (Lipinski definition) is 10. The topological polar surface area (TPSA) is 134 Å². The minimum Gasteiger partial charge on any atom is -0.447 e. The van der Waals surface area contributed by atoms with E-state index in [4.69, 9.17) is 12.6 Å². The Kier molecular flexibility index (Phi) is 9.75. The van der Waals surface area contributed by atoms with Crippen LogP contribution in [-0.2, 0) is 17.5 Å². The Bertz CT molecular complexity index is 1340. The maximum atomic E-state index is 12.0. The zero-order valence-electron chi connectivity index (χ0n) is 24.4. The molecule has 0 spiro atoms. The molecule has 0 aliphatic heterocycles. The van der Waals surface area contributed by atoms with Crippen molar-refractivity contribution in [3.05, 3.63) is 41.2 Å². The average Bonchev–Trinajstić information content (AvgIpc) is 3.49. The van der Waals surface area contributed by atoms with Crippen molar-refractivity contribution in [1.29, 1.82) is 0 Å². The molecule has 1 fully saturated rings. The Hall–Kier alpha value is -2.58. The fourth-order valence-electron chi connectivity index (χ4n) is 4.55.